The van der Waals surface area contributed by atoms with E-state index in [2.05, 4.69) is 30.2 Å². The van der Waals surface area contributed by atoms with Crippen LogP contribution in [0.3, 0.4) is 0 Å². The normalized spacial score (nSPS) is 11.7. The van der Waals surface area contributed by atoms with E-state index in [1.165, 1.54) is 0 Å². The van der Waals surface area contributed by atoms with Crippen molar-refractivity contribution in [1.29, 1.82) is 0 Å². The van der Waals surface area contributed by atoms with Crippen LogP contribution in [0, 0.1) is 0 Å². The van der Waals surface area contributed by atoms with Gasteiger partial charge < -0.3 is 9.94 Å². The molecule has 0 saturated carbocycles. The highest BCUT2D eigenvalue weighted by Crippen LogP contribution is 2.20. The topological polar surface area (TPSA) is 59.6 Å². The lowest BCUT2D eigenvalue weighted by molar-refractivity contribution is 0.291. The Hall–Kier alpha value is -2.30. The summed E-state index contributed by atoms with van der Waals surface area (Å²) < 4.78 is 7.85. The summed E-state index contributed by atoms with van der Waals surface area (Å²) in [6.07, 6.45) is 0.910. The summed E-state index contributed by atoms with van der Waals surface area (Å²) >= 11 is 0. The number of ether oxygens (including phenoxy) is 1. The predicted molar refractivity (Wildman–Crippen MR) is 82.1 cm³/mol. The van der Waals surface area contributed by atoms with Gasteiger partial charge in [0.15, 0.2) is 0 Å². The first-order valence-electron chi connectivity index (χ1n) is 7.16. The monoisotopic (exact) mass is 287 g/mol. The molecule has 112 valence electrons. The maximum absolute atomic E-state index is 8.93. The van der Waals surface area contributed by atoms with Crippen LogP contribution in [0.2, 0.25) is 0 Å². The fourth-order valence-electron chi connectivity index (χ4n) is 2.17. The smallest absolute Gasteiger partial charge is 0.130 e. The van der Waals surface area contributed by atoms with E-state index in [4.69, 9.17) is 9.94 Å². The Balaban J connectivity index is 2.19. The zero-order valence-electron chi connectivity index (χ0n) is 12.7. The maximum atomic E-state index is 8.93. The van der Waals surface area contributed by atoms with Crippen molar-refractivity contribution in [2.24, 2.45) is 5.16 Å². The van der Waals surface area contributed by atoms with Gasteiger partial charge in [0, 0.05) is 12.1 Å². The molecule has 0 fully saturated rings. The van der Waals surface area contributed by atoms with Crippen molar-refractivity contribution in [3.63, 3.8) is 0 Å². The lowest BCUT2D eigenvalue weighted by Gasteiger charge is -2.11. The van der Waals surface area contributed by atoms with Crippen LogP contribution in [0.25, 0.3) is 0 Å². The Morgan fingerprint density at radius 1 is 1.33 bits per heavy atom. The number of rotatable bonds is 6. The fraction of sp³-hybridized carbons (Fsp3) is 0.375. The molecule has 0 unspecified atom stereocenters. The Labute approximate surface area is 124 Å². The van der Waals surface area contributed by atoms with Crippen molar-refractivity contribution in [2.75, 3.05) is 0 Å². The van der Waals surface area contributed by atoms with Gasteiger partial charge in [0.1, 0.15) is 12.4 Å². The molecule has 1 heterocycles. The fourth-order valence-corrected chi connectivity index (χ4v) is 2.17. The molecule has 0 amide bonds. The minimum Gasteiger partial charge on any atom is -0.487 e. The van der Waals surface area contributed by atoms with Crippen molar-refractivity contribution in [2.45, 2.75) is 40.3 Å². The Kier molecular flexibility index (Phi) is 4.98. The lowest BCUT2D eigenvalue weighted by atomic mass is 10.1. The predicted octanol–water partition coefficient (Wildman–Crippen LogP) is 3.24. The largest absolute Gasteiger partial charge is 0.487 e. The van der Waals surface area contributed by atoms with Gasteiger partial charge in [-0.1, -0.05) is 24.2 Å². The van der Waals surface area contributed by atoms with Crippen molar-refractivity contribution in [3.05, 3.63) is 47.3 Å². The van der Waals surface area contributed by atoms with Crippen LogP contribution in [-0.4, -0.2) is 20.7 Å². The van der Waals surface area contributed by atoms with Crippen LogP contribution < -0.4 is 4.74 Å². The summed E-state index contributed by atoms with van der Waals surface area (Å²) in [5, 5.41) is 16.7. The number of para-hydroxylation sites is 1. The van der Waals surface area contributed by atoms with Crippen LogP contribution in [0.4, 0.5) is 0 Å². The molecule has 0 bridgehead atoms. The number of benzene rings is 1. The van der Waals surface area contributed by atoms with Crippen LogP contribution in [-0.2, 0) is 19.6 Å². The molecule has 1 N–H and O–H groups in total. The molecule has 0 spiro atoms. The quantitative estimate of drug-likeness (QED) is 0.504. The van der Waals surface area contributed by atoms with E-state index in [9.17, 15) is 0 Å². The van der Waals surface area contributed by atoms with Crippen molar-refractivity contribution < 1.29 is 9.94 Å². The number of hydrogen-bond donors (Lipinski definition) is 1. The summed E-state index contributed by atoms with van der Waals surface area (Å²) in [6.45, 7) is 7.15. The van der Waals surface area contributed by atoms with E-state index in [0.717, 1.165) is 29.9 Å². The third-order valence-electron chi connectivity index (χ3n) is 3.38. The van der Waals surface area contributed by atoms with Gasteiger partial charge in [-0.15, -0.1) is 0 Å². The van der Waals surface area contributed by atoms with Gasteiger partial charge in [-0.2, -0.15) is 5.10 Å². The highest BCUT2D eigenvalue weighted by atomic mass is 16.5. The molecule has 0 atom stereocenters. The summed E-state index contributed by atoms with van der Waals surface area (Å²) in [4.78, 5) is 0. The van der Waals surface area contributed by atoms with Crippen molar-refractivity contribution in [3.8, 4) is 5.75 Å². The van der Waals surface area contributed by atoms with Crippen LogP contribution >= 0.6 is 0 Å². The Morgan fingerprint density at radius 2 is 2.10 bits per heavy atom. The van der Waals surface area contributed by atoms with Gasteiger partial charge in [0.05, 0.1) is 17.1 Å². The zero-order valence-corrected chi connectivity index (χ0v) is 12.7. The van der Waals surface area contributed by atoms with Gasteiger partial charge >= 0.3 is 0 Å². The van der Waals surface area contributed by atoms with Gasteiger partial charge in [0.2, 0.25) is 0 Å². The van der Waals surface area contributed by atoms with Crippen LogP contribution in [0.15, 0.2) is 35.5 Å². The number of oxime groups is 1. The SMILES string of the molecule is CCc1cc(COc2ccccc2C(C)=NO)n(CC)n1. The number of aryl methyl sites for hydroxylation is 2. The summed E-state index contributed by atoms with van der Waals surface area (Å²) in [5.74, 6) is 0.703. The molecule has 0 saturated heterocycles. The summed E-state index contributed by atoms with van der Waals surface area (Å²) in [6, 6.07) is 9.61. The second kappa shape index (κ2) is 6.92. The second-order valence-electron chi connectivity index (χ2n) is 4.77. The first kappa shape index (κ1) is 15.1. The highest BCUT2D eigenvalue weighted by molar-refractivity contribution is 6.00. The molecule has 0 aliphatic heterocycles. The molecule has 21 heavy (non-hydrogen) atoms. The van der Waals surface area contributed by atoms with E-state index < -0.39 is 0 Å². The van der Waals surface area contributed by atoms with E-state index in [1.54, 1.807) is 6.92 Å². The van der Waals surface area contributed by atoms with Crippen molar-refractivity contribution in [1.82, 2.24) is 9.78 Å². The van der Waals surface area contributed by atoms with Crippen LogP contribution in [0.1, 0.15) is 37.7 Å². The highest BCUT2D eigenvalue weighted by Gasteiger charge is 2.10. The number of nitrogens with zero attached hydrogens (tertiary/aromatic N) is 3. The minimum absolute atomic E-state index is 0.441. The van der Waals surface area contributed by atoms with E-state index in [0.29, 0.717) is 18.1 Å². The minimum atomic E-state index is 0.441. The molecular formula is C16H21N3O2. The summed E-state index contributed by atoms with van der Waals surface area (Å²) in [7, 11) is 0. The van der Waals surface area contributed by atoms with E-state index in [1.807, 2.05) is 28.9 Å². The molecule has 1 aromatic heterocycles. The molecule has 0 aliphatic rings. The number of aromatic nitrogens is 2. The molecule has 2 rings (SSSR count). The zero-order chi connectivity index (χ0) is 15.2. The molecule has 5 nitrogen and oxygen atoms in total. The standard InChI is InChI=1S/C16H21N3O2/c1-4-13-10-14(19(5-2)17-13)11-21-16-9-7-6-8-15(16)12(3)18-20/h6-10,20H,4-5,11H2,1-3H3. The lowest BCUT2D eigenvalue weighted by Crippen LogP contribution is -2.08. The van der Waals surface area contributed by atoms with Gasteiger partial charge in [0.25, 0.3) is 0 Å². The molecule has 0 radical (unpaired) electrons. The third-order valence-corrected chi connectivity index (χ3v) is 3.38. The van der Waals surface area contributed by atoms with Crippen LogP contribution in [0.5, 0.6) is 5.75 Å². The second-order valence-corrected chi connectivity index (χ2v) is 4.77. The molecule has 0 aliphatic carbocycles. The maximum Gasteiger partial charge on any atom is 0.130 e. The molecule has 1 aromatic carbocycles. The number of hydrogen-bond acceptors (Lipinski definition) is 4. The molecule has 2 aromatic rings. The summed E-state index contributed by atoms with van der Waals surface area (Å²) in [5.41, 5.74) is 3.43. The average Bonchev–Trinajstić information content (AvgIpc) is 2.94. The van der Waals surface area contributed by atoms with Crippen molar-refractivity contribution >= 4 is 5.71 Å². The average molecular weight is 287 g/mol. The van der Waals surface area contributed by atoms with Gasteiger partial charge in [-0.25, -0.2) is 0 Å². The van der Waals surface area contributed by atoms with E-state index in [-0.39, 0.29) is 0 Å². The van der Waals surface area contributed by atoms with Gasteiger partial charge in [-0.05, 0) is 38.5 Å². The Bertz CT molecular complexity index is 632. The van der Waals surface area contributed by atoms with Gasteiger partial charge in [-0.3, -0.25) is 4.68 Å². The third kappa shape index (κ3) is 3.42. The first-order valence-corrected chi connectivity index (χ1v) is 7.16. The molecule has 5 heteroatoms. The van der Waals surface area contributed by atoms with E-state index >= 15 is 0 Å². The Morgan fingerprint density at radius 3 is 2.76 bits per heavy atom. The first-order chi connectivity index (χ1) is 10.2. The molecular weight excluding hydrogens is 266 g/mol.